The summed E-state index contributed by atoms with van der Waals surface area (Å²) in [4.78, 5) is 26.5. The van der Waals surface area contributed by atoms with E-state index in [1.165, 1.54) is 0 Å². The Morgan fingerprint density at radius 2 is 1.87 bits per heavy atom. The molecule has 1 atom stereocenters. The summed E-state index contributed by atoms with van der Waals surface area (Å²) in [5.74, 6) is 0.0327. The fourth-order valence-electron chi connectivity index (χ4n) is 3.20. The molecule has 5 heteroatoms. The average molecular weight is 316 g/mol. The van der Waals surface area contributed by atoms with Gasteiger partial charge in [0.15, 0.2) is 0 Å². The first-order chi connectivity index (χ1) is 10.8. The van der Waals surface area contributed by atoms with Gasteiger partial charge in [0.1, 0.15) is 5.60 Å². The van der Waals surface area contributed by atoms with E-state index in [1.54, 1.807) is 0 Å². The van der Waals surface area contributed by atoms with Crippen molar-refractivity contribution in [3.8, 4) is 0 Å². The Hall–Kier alpha value is -2.04. The third kappa shape index (κ3) is 3.49. The number of rotatable bonds is 2. The van der Waals surface area contributed by atoms with Crippen molar-refractivity contribution in [1.29, 1.82) is 0 Å². The lowest BCUT2D eigenvalue weighted by Crippen LogP contribution is -2.44. The smallest absolute Gasteiger partial charge is 0.407 e. The predicted molar refractivity (Wildman–Crippen MR) is 87.2 cm³/mol. The minimum Gasteiger partial charge on any atom is -0.444 e. The van der Waals surface area contributed by atoms with Gasteiger partial charge >= 0.3 is 6.09 Å². The van der Waals surface area contributed by atoms with Gasteiger partial charge in [-0.25, -0.2) is 4.79 Å². The number of carbonyl (C=O) groups excluding carboxylic acids is 2. The average Bonchev–Trinajstić information content (AvgIpc) is 3.16. The lowest BCUT2D eigenvalue weighted by Gasteiger charge is -2.23. The van der Waals surface area contributed by atoms with Crippen LogP contribution >= 0.6 is 0 Å². The number of benzene rings is 1. The van der Waals surface area contributed by atoms with Crippen LogP contribution in [0.15, 0.2) is 30.3 Å². The van der Waals surface area contributed by atoms with E-state index in [0.717, 1.165) is 12.8 Å². The van der Waals surface area contributed by atoms with Gasteiger partial charge in [-0.3, -0.25) is 4.79 Å². The summed E-state index contributed by atoms with van der Waals surface area (Å²) in [5, 5.41) is 2.97. The van der Waals surface area contributed by atoms with Crippen LogP contribution in [0, 0.1) is 5.41 Å². The van der Waals surface area contributed by atoms with Gasteiger partial charge in [0.05, 0.1) is 6.04 Å². The molecule has 23 heavy (non-hydrogen) atoms. The standard InChI is InChI=1S/C18H24N2O3/c1-17(2,3)23-16(22)19-14-11-20(12-18(14)9-10-18)15(21)13-7-5-4-6-8-13/h4-8,14H,9-12H2,1-3H3,(H,19,22). The first kappa shape index (κ1) is 15.8. The molecule has 3 rings (SSSR count). The van der Waals surface area contributed by atoms with E-state index in [-0.39, 0.29) is 17.4 Å². The van der Waals surface area contributed by atoms with Crippen LogP contribution in [-0.2, 0) is 4.74 Å². The zero-order valence-corrected chi connectivity index (χ0v) is 14.0. The summed E-state index contributed by atoms with van der Waals surface area (Å²) in [6.07, 6.45) is 1.70. The quantitative estimate of drug-likeness (QED) is 0.913. The highest BCUT2D eigenvalue weighted by molar-refractivity contribution is 5.94. The van der Waals surface area contributed by atoms with Crippen LogP contribution in [0.2, 0.25) is 0 Å². The van der Waals surface area contributed by atoms with Crippen molar-refractivity contribution < 1.29 is 14.3 Å². The van der Waals surface area contributed by atoms with Crippen LogP contribution in [0.3, 0.4) is 0 Å². The van der Waals surface area contributed by atoms with E-state index in [1.807, 2.05) is 56.0 Å². The van der Waals surface area contributed by atoms with Crippen LogP contribution in [0.1, 0.15) is 44.0 Å². The van der Waals surface area contributed by atoms with Crippen molar-refractivity contribution in [2.45, 2.75) is 45.3 Å². The van der Waals surface area contributed by atoms with Crippen molar-refractivity contribution >= 4 is 12.0 Å². The Morgan fingerprint density at radius 3 is 2.43 bits per heavy atom. The predicted octanol–water partition coefficient (Wildman–Crippen LogP) is 2.82. The fraction of sp³-hybridized carbons (Fsp3) is 0.556. The van der Waals surface area contributed by atoms with Crippen molar-refractivity contribution in [2.75, 3.05) is 13.1 Å². The molecule has 1 aliphatic carbocycles. The number of nitrogens with zero attached hydrogens (tertiary/aromatic N) is 1. The highest BCUT2D eigenvalue weighted by Gasteiger charge is 2.56. The number of likely N-dealkylation sites (tertiary alicyclic amines) is 1. The molecule has 1 N–H and O–H groups in total. The summed E-state index contributed by atoms with van der Waals surface area (Å²) < 4.78 is 5.35. The summed E-state index contributed by atoms with van der Waals surface area (Å²) in [5.41, 5.74) is 0.224. The monoisotopic (exact) mass is 316 g/mol. The first-order valence-electron chi connectivity index (χ1n) is 8.13. The molecule has 2 aliphatic rings. The molecule has 0 aromatic heterocycles. The second kappa shape index (κ2) is 5.55. The fourth-order valence-corrected chi connectivity index (χ4v) is 3.20. The summed E-state index contributed by atoms with van der Waals surface area (Å²) >= 11 is 0. The van der Waals surface area contributed by atoms with E-state index >= 15 is 0 Å². The number of alkyl carbamates (subject to hydrolysis) is 1. The molecule has 1 spiro atoms. The third-order valence-corrected chi connectivity index (χ3v) is 4.54. The Balaban J connectivity index is 1.65. The number of carbonyl (C=O) groups is 2. The molecule has 1 heterocycles. The molecule has 5 nitrogen and oxygen atoms in total. The molecule has 0 radical (unpaired) electrons. The second-order valence-corrected chi connectivity index (χ2v) is 7.61. The Morgan fingerprint density at radius 1 is 1.22 bits per heavy atom. The molecule has 1 saturated carbocycles. The third-order valence-electron chi connectivity index (χ3n) is 4.54. The van der Waals surface area contributed by atoms with Gasteiger partial charge in [0.2, 0.25) is 0 Å². The maximum Gasteiger partial charge on any atom is 0.407 e. The van der Waals surface area contributed by atoms with Crippen molar-refractivity contribution in [2.24, 2.45) is 5.41 Å². The van der Waals surface area contributed by atoms with Crippen LogP contribution in [-0.4, -0.2) is 41.6 Å². The summed E-state index contributed by atoms with van der Waals surface area (Å²) in [7, 11) is 0. The van der Waals surface area contributed by atoms with Crippen LogP contribution in [0.25, 0.3) is 0 Å². The van der Waals surface area contributed by atoms with Gasteiger partial charge in [0.25, 0.3) is 5.91 Å². The molecule has 1 unspecified atom stereocenters. The molecule has 1 aromatic carbocycles. The summed E-state index contributed by atoms with van der Waals surface area (Å²) in [6, 6.07) is 9.27. The van der Waals surface area contributed by atoms with Crippen molar-refractivity contribution in [3.05, 3.63) is 35.9 Å². The van der Waals surface area contributed by atoms with Crippen LogP contribution in [0.5, 0.6) is 0 Å². The molecule has 1 aliphatic heterocycles. The SMILES string of the molecule is CC(C)(C)OC(=O)NC1CN(C(=O)c2ccccc2)CC12CC2. The van der Waals surface area contributed by atoms with Gasteiger partial charge in [0, 0.05) is 24.1 Å². The molecule has 1 aromatic rings. The largest absolute Gasteiger partial charge is 0.444 e. The second-order valence-electron chi connectivity index (χ2n) is 7.61. The molecule has 0 bridgehead atoms. The maximum atomic E-state index is 12.6. The lowest BCUT2D eigenvalue weighted by atomic mass is 10.0. The van der Waals surface area contributed by atoms with Gasteiger partial charge < -0.3 is 15.0 Å². The minimum atomic E-state index is -0.515. The minimum absolute atomic E-state index is 0.0231. The number of hydrogen-bond donors (Lipinski definition) is 1. The van der Waals surface area contributed by atoms with E-state index in [4.69, 9.17) is 4.74 Å². The number of amides is 2. The Bertz CT molecular complexity index is 602. The maximum absolute atomic E-state index is 12.6. The lowest BCUT2D eigenvalue weighted by molar-refractivity contribution is 0.0490. The number of ether oxygens (including phenoxy) is 1. The highest BCUT2D eigenvalue weighted by Crippen LogP contribution is 2.53. The first-order valence-corrected chi connectivity index (χ1v) is 8.13. The van der Waals surface area contributed by atoms with Crippen molar-refractivity contribution in [3.63, 3.8) is 0 Å². The number of hydrogen-bond acceptors (Lipinski definition) is 3. The molecule has 124 valence electrons. The normalized spacial score (nSPS) is 22.0. The van der Waals surface area contributed by atoms with Gasteiger partial charge in [-0.05, 0) is 45.7 Å². The topological polar surface area (TPSA) is 58.6 Å². The molecular formula is C18H24N2O3. The zero-order chi connectivity index (χ0) is 16.7. The Kier molecular flexibility index (Phi) is 3.82. The zero-order valence-electron chi connectivity index (χ0n) is 14.0. The van der Waals surface area contributed by atoms with Crippen molar-refractivity contribution in [1.82, 2.24) is 10.2 Å². The van der Waals surface area contributed by atoms with E-state index < -0.39 is 11.7 Å². The number of nitrogens with one attached hydrogen (secondary N) is 1. The Labute approximate surface area is 137 Å². The summed E-state index contributed by atoms with van der Waals surface area (Å²) in [6.45, 7) is 6.80. The van der Waals surface area contributed by atoms with E-state index in [9.17, 15) is 9.59 Å². The van der Waals surface area contributed by atoms with Crippen LogP contribution in [0.4, 0.5) is 4.79 Å². The molecule has 2 fully saturated rings. The molecular weight excluding hydrogens is 292 g/mol. The van der Waals surface area contributed by atoms with Gasteiger partial charge in [-0.1, -0.05) is 18.2 Å². The molecule has 2 amide bonds. The van der Waals surface area contributed by atoms with Gasteiger partial charge in [-0.15, -0.1) is 0 Å². The van der Waals surface area contributed by atoms with E-state index in [0.29, 0.717) is 18.7 Å². The highest BCUT2D eigenvalue weighted by atomic mass is 16.6. The van der Waals surface area contributed by atoms with E-state index in [2.05, 4.69) is 5.32 Å². The van der Waals surface area contributed by atoms with Gasteiger partial charge in [-0.2, -0.15) is 0 Å². The van der Waals surface area contributed by atoms with Crippen LogP contribution < -0.4 is 5.32 Å². The molecule has 1 saturated heterocycles.